The molecule has 21 heavy (non-hydrogen) atoms. The number of hydrogen-bond acceptors (Lipinski definition) is 2. The van der Waals surface area contributed by atoms with Crippen LogP contribution in [0.3, 0.4) is 0 Å². The van der Waals surface area contributed by atoms with E-state index in [1.807, 2.05) is 0 Å². The lowest BCUT2D eigenvalue weighted by Crippen LogP contribution is -2.31. The fraction of sp³-hybridized carbons (Fsp3) is 0.368. The second kappa shape index (κ2) is 6.42. The topological polar surface area (TPSA) is 38.0 Å². The first-order valence-corrected chi connectivity index (χ1v) is 7.53. The summed E-state index contributed by atoms with van der Waals surface area (Å²) in [6, 6.07) is 17.3. The highest BCUT2D eigenvalue weighted by molar-refractivity contribution is 5.36. The van der Waals surface area contributed by atoms with Gasteiger partial charge in [0.05, 0.1) is 6.04 Å². The van der Waals surface area contributed by atoms with Crippen molar-refractivity contribution in [2.24, 2.45) is 5.84 Å². The van der Waals surface area contributed by atoms with Crippen molar-refractivity contribution in [2.75, 3.05) is 0 Å². The first kappa shape index (κ1) is 15.7. The van der Waals surface area contributed by atoms with Crippen LogP contribution in [0.25, 0.3) is 0 Å². The van der Waals surface area contributed by atoms with E-state index in [2.05, 4.69) is 81.7 Å². The lowest BCUT2D eigenvalue weighted by atomic mass is 9.81. The molecule has 0 aliphatic rings. The van der Waals surface area contributed by atoms with E-state index in [-0.39, 0.29) is 11.5 Å². The first-order chi connectivity index (χ1) is 9.91. The molecule has 0 radical (unpaired) electrons. The summed E-state index contributed by atoms with van der Waals surface area (Å²) in [6.45, 7) is 8.85. The molecule has 0 heterocycles. The molecule has 2 aromatic rings. The van der Waals surface area contributed by atoms with E-state index in [0.717, 1.165) is 6.42 Å². The first-order valence-electron chi connectivity index (χ1n) is 7.53. The van der Waals surface area contributed by atoms with E-state index in [0.29, 0.717) is 0 Å². The lowest BCUT2D eigenvalue weighted by molar-refractivity contribution is 0.518. The van der Waals surface area contributed by atoms with Gasteiger partial charge in [-0.15, -0.1) is 0 Å². The predicted octanol–water partition coefficient (Wildman–Crippen LogP) is 4.04. The molecule has 0 aliphatic heterocycles. The second-order valence-electron chi connectivity index (χ2n) is 6.75. The number of hydrogen-bond donors (Lipinski definition) is 2. The monoisotopic (exact) mass is 282 g/mol. The summed E-state index contributed by atoms with van der Waals surface area (Å²) in [5.41, 5.74) is 8.33. The van der Waals surface area contributed by atoms with Crippen LogP contribution in [0.2, 0.25) is 0 Å². The number of nitrogens with two attached hydrogens (primary N) is 1. The Balaban J connectivity index is 2.34. The van der Waals surface area contributed by atoms with Crippen LogP contribution < -0.4 is 11.3 Å². The van der Waals surface area contributed by atoms with Crippen molar-refractivity contribution in [1.82, 2.24) is 5.43 Å². The van der Waals surface area contributed by atoms with Crippen molar-refractivity contribution in [3.05, 3.63) is 70.8 Å². The molecule has 2 heteroatoms. The number of benzene rings is 2. The molecule has 1 atom stereocenters. The van der Waals surface area contributed by atoms with Gasteiger partial charge in [-0.05, 0) is 35.4 Å². The third-order valence-corrected chi connectivity index (χ3v) is 3.87. The Kier molecular flexibility index (Phi) is 4.81. The third kappa shape index (κ3) is 3.93. The Labute approximate surface area is 128 Å². The standard InChI is InChI=1S/C19H26N2/c1-14-8-7-9-15(12-14)13-18(21-20)16-10-5-6-11-17(16)19(2,3)4/h5-12,18,21H,13,20H2,1-4H3. The summed E-state index contributed by atoms with van der Waals surface area (Å²) in [4.78, 5) is 0. The summed E-state index contributed by atoms with van der Waals surface area (Å²) in [5, 5.41) is 0. The van der Waals surface area contributed by atoms with Crippen LogP contribution in [0.1, 0.15) is 49.1 Å². The van der Waals surface area contributed by atoms with Gasteiger partial charge < -0.3 is 0 Å². The number of aryl methyl sites for hydroxylation is 1. The fourth-order valence-corrected chi connectivity index (χ4v) is 2.82. The highest BCUT2D eigenvalue weighted by atomic mass is 15.2. The number of nitrogens with one attached hydrogen (secondary N) is 1. The van der Waals surface area contributed by atoms with Gasteiger partial charge in [0.1, 0.15) is 0 Å². The maximum absolute atomic E-state index is 5.85. The highest BCUT2D eigenvalue weighted by Crippen LogP contribution is 2.30. The average Bonchev–Trinajstić information content (AvgIpc) is 2.44. The molecular formula is C19H26N2. The van der Waals surface area contributed by atoms with Gasteiger partial charge in [0, 0.05) is 0 Å². The molecule has 0 aromatic heterocycles. The van der Waals surface area contributed by atoms with Crippen LogP contribution in [-0.2, 0) is 11.8 Å². The van der Waals surface area contributed by atoms with Crippen LogP contribution in [0.15, 0.2) is 48.5 Å². The van der Waals surface area contributed by atoms with Crippen molar-refractivity contribution in [3.63, 3.8) is 0 Å². The SMILES string of the molecule is Cc1cccc(CC(NN)c2ccccc2C(C)(C)C)c1. The molecule has 2 aromatic carbocycles. The van der Waals surface area contributed by atoms with Crippen molar-refractivity contribution in [2.45, 2.75) is 45.6 Å². The molecule has 0 amide bonds. The summed E-state index contributed by atoms with van der Waals surface area (Å²) < 4.78 is 0. The second-order valence-corrected chi connectivity index (χ2v) is 6.75. The van der Waals surface area contributed by atoms with Crippen LogP contribution in [0.5, 0.6) is 0 Å². The van der Waals surface area contributed by atoms with E-state index in [1.54, 1.807) is 0 Å². The maximum atomic E-state index is 5.85. The summed E-state index contributed by atoms with van der Waals surface area (Å²) in [7, 11) is 0. The smallest absolute Gasteiger partial charge is 0.0503 e. The largest absolute Gasteiger partial charge is 0.271 e. The van der Waals surface area contributed by atoms with Crippen LogP contribution >= 0.6 is 0 Å². The van der Waals surface area contributed by atoms with Crippen LogP contribution in [-0.4, -0.2) is 0 Å². The van der Waals surface area contributed by atoms with Gasteiger partial charge in [0.15, 0.2) is 0 Å². The van der Waals surface area contributed by atoms with E-state index in [1.165, 1.54) is 22.3 Å². The van der Waals surface area contributed by atoms with Gasteiger partial charge in [0.2, 0.25) is 0 Å². The van der Waals surface area contributed by atoms with Crippen LogP contribution in [0.4, 0.5) is 0 Å². The van der Waals surface area contributed by atoms with Gasteiger partial charge in [-0.3, -0.25) is 11.3 Å². The minimum Gasteiger partial charge on any atom is -0.271 e. The molecule has 2 nitrogen and oxygen atoms in total. The predicted molar refractivity (Wildman–Crippen MR) is 90.1 cm³/mol. The molecule has 1 unspecified atom stereocenters. The molecule has 0 aliphatic carbocycles. The Bertz CT molecular complexity index is 597. The minimum atomic E-state index is 0.109. The summed E-state index contributed by atoms with van der Waals surface area (Å²) in [6.07, 6.45) is 0.894. The van der Waals surface area contributed by atoms with E-state index < -0.39 is 0 Å². The fourth-order valence-electron chi connectivity index (χ4n) is 2.82. The Morgan fingerprint density at radius 1 is 1.05 bits per heavy atom. The molecule has 112 valence electrons. The molecule has 0 saturated heterocycles. The molecule has 2 rings (SSSR count). The number of hydrazine groups is 1. The van der Waals surface area contributed by atoms with Crippen molar-refractivity contribution in [1.29, 1.82) is 0 Å². The normalized spacial score (nSPS) is 13.2. The van der Waals surface area contributed by atoms with Crippen molar-refractivity contribution < 1.29 is 0 Å². The van der Waals surface area contributed by atoms with E-state index in [4.69, 9.17) is 5.84 Å². The van der Waals surface area contributed by atoms with E-state index in [9.17, 15) is 0 Å². The van der Waals surface area contributed by atoms with Gasteiger partial charge >= 0.3 is 0 Å². The Morgan fingerprint density at radius 3 is 2.38 bits per heavy atom. The summed E-state index contributed by atoms with van der Waals surface area (Å²) >= 11 is 0. The van der Waals surface area contributed by atoms with Crippen molar-refractivity contribution in [3.8, 4) is 0 Å². The zero-order valence-electron chi connectivity index (χ0n) is 13.5. The van der Waals surface area contributed by atoms with Crippen LogP contribution in [0, 0.1) is 6.92 Å². The molecule has 0 bridgehead atoms. The van der Waals surface area contributed by atoms with Gasteiger partial charge in [0.25, 0.3) is 0 Å². The third-order valence-electron chi connectivity index (χ3n) is 3.87. The van der Waals surface area contributed by atoms with Crippen molar-refractivity contribution >= 4 is 0 Å². The summed E-state index contributed by atoms with van der Waals surface area (Å²) in [5.74, 6) is 5.85. The molecule has 0 fully saturated rings. The zero-order chi connectivity index (χ0) is 15.5. The highest BCUT2D eigenvalue weighted by Gasteiger charge is 2.22. The lowest BCUT2D eigenvalue weighted by Gasteiger charge is -2.27. The minimum absolute atomic E-state index is 0.109. The average molecular weight is 282 g/mol. The van der Waals surface area contributed by atoms with E-state index >= 15 is 0 Å². The van der Waals surface area contributed by atoms with Gasteiger partial charge in [-0.1, -0.05) is 74.9 Å². The van der Waals surface area contributed by atoms with Gasteiger partial charge in [-0.25, -0.2) is 0 Å². The Hall–Kier alpha value is -1.64. The Morgan fingerprint density at radius 2 is 1.76 bits per heavy atom. The molecule has 0 saturated carbocycles. The molecule has 3 N–H and O–H groups in total. The molecule has 0 spiro atoms. The molecular weight excluding hydrogens is 256 g/mol. The van der Waals surface area contributed by atoms with Gasteiger partial charge in [-0.2, -0.15) is 0 Å². The quantitative estimate of drug-likeness (QED) is 0.656. The number of rotatable bonds is 4. The maximum Gasteiger partial charge on any atom is 0.0503 e. The zero-order valence-corrected chi connectivity index (χ0v) is 13.5.